The second-order valence-corrected chi connectivity index (χ2v) is 3.31. The third-order valence-corrected chi connectivity index (χ3v) is 2.12. The monoisotopic (exact) mass is 223 g/mol. The van der Waals surface area contributed by atoms with Crippen LogP contribution >= 0.6 is 0 Å². The summed E-state index contributed by atoms with van der Waals surface area (Å²) in [5.41, 5.74) is 5.87. The molecule has 1 atom stereocenters. The first-order valence-electron chi connectivity index (χ1n) is 4.67. The molecule has 1 heterocycles. The number of carboxylic acid groups (broad SMARTS) is 1. The van der Waals surface area contributed by atoms with Crippen molar-refractivity contribution >= 4 is 17.6 Å². The molecule has 1 aromatic heterocycles. The maximum Gasteiger partial charge on any atom is 0.321 e. The lowest BCUT2D eigenvalue weighted by Gasteiger charge is -2.17. The Hall–Kier alpha value is -1.95. The number of nitrogens with zero attached hydrogens (tertiary/aromatic N) is 2. The fourth-order valence-corrected chi connectivity index (χ4v) is 1.11. The average Bonchev–Trinajstić information content (AvgIpc) is 2.28. The van der Waals surface area contributed by atoms with Crippen molar-refractivity contribution in [2.45, 2.75) is 12.5 Å². The van der Waals surface area contributed by atoms with Crippen LogP contribution in [0.2, 0.25) is 0 Å². The highest BCUT2D eigenvalue weighted by Crippen LogP contribution is 2.10. The number of nitrogens with two attached hydrogens (primary N) is 1. The van der Waals surface area contributed by atoms with Crippen LogP contribution in [0, 0.1) is 0 Å². The summed E-state index contributed by atoms with van der Waals surface area (Å²) in [5, 5.41) is 8.58. The van der Waals surface area contributed by atoms with Gasteiger partial charge >= 0.3 is 5.97 Å². The van der Waals surface area contributed by atoms with Gasteiger partial charge in [0, 0.05) is 13.2 Å². The Morgan fingerprint density at radius 2 is 2.31 bits per heavy atom. The predicted octanol–water partition coefficient (Wildman–Crippen LogP) is -0.154. The van der Waals surface area contributed by atoms with Gasteiger partial charge in [0.25, 0.3) is 0 Å². The summed E-state index contributed by atoms with van der Waals surface area (Å²) in [5.74, 6) is -1.55. The lowest BCUT2D eigenvalue weighted by atomic mass is 10.2. The lowest BCUT2D eigenvalue weighted by Crippen LogP contribution is -2.37. The first-order valence-corrected chi connectivity index (χ1v) is 4.67. The van der Waals surface area contributed by atoms with Crippen LogP contribution < -0.4 is 10.6 Å². The Labute approximate surface area is 92.7 Å². The van der Waals surface area contributed by atoms with Crippen LogP contribution in [0.5, 0.6) is 0 Å². The summed E-state index contributed by atoms with van der Waals surface area (Å²) in [4.78, 5) is 27.3. The number of carboxylic acids is 1. The number of hydrogen-bond acceptors (Lipinski definition) is 4. The van der Waals surface area contributed by atoms with E-state index < -0.39 is 12.0 Å². The Kier molecular flexibility index (Phi) is 3.96. The van der Waals surface area contributed by atoms with Gasteiger partial charge in [-0.1, -0.05) is 0 Å². The van der Waals surface area contributed by atoms with E-state index in [0.717, 1.165) is 0 Å². The van der Waals surface area contributed by atoms with Gasteiger partial charge in [0.2, 0.25) is 5.91 Å². The van der Waals surface area contributed by atoms with Crippen LogP contribution in [0.25, 0.3) is 0 Å². The van der Waals surface area contributed by atoms with Crippen LogP contribution in [-0.4, -0.2) is 35.1 Å². The molecule has 6 nitrogen and oxygen atoms in total. The van der Waals surface area contributed by atoms with Crippen LogP contribution in [0.4, 0.5) is 5.69 Å². The lowest BCUT2D eigenvalue weighted by molar-refractivity contribution is -0.140. The number of rotatable bonds is 4. The molecule has 1 amide bonds. The first-order chi connectivity index (χ1) is 7.52. The number of carbonyl (C=O) groups is 2. The van der Waals surface area contributed by atoms with Crippen LogP contribution in [0.3, 0.4) is 0 Å². The maximum atomic E-state index is 11.6. The SMILES string of the molecule is CN(C(=O)C[C@H](N)C(=O)O)c1cccnc1. The molecule has 0 unspecified atom stereocenters. The van der Waals surface area contributed by atoms with E-state index >= 15 is 0 Å². The molecule has 1 rings (SSSR count). The number of anilines is 1. The number of aromatic nitrogens is 1. The summed E-state index contributed by atoms with van der Waals surface area (Å²) in [6.45, 7) is 0. The second kappa shape index (κ2) is 5.22. The van der Waals surface area contributed by atoms with Gasteiger partial charge in [0.1, 0.15) is 6.04 Å². The molecule has 6 heteroatoms. The van der Waals surface area contributed by atoms with Gasteiger partial charge < -0.3 is 15.7 Å². The van der Waals surface area contributed by atoms with Crippen LogP contribution in [0.15, 0.2) is 24.5 Å². The molecule has 3 N–H and O–H groups in total. The number of aliphatic carboxylic acids is 1. The smallest absolute Gasteiger partial charge is 0.321 e. The summed E-state index contributed by atoms with van der Waals surface area (Å²) in [7, 11) is 1.55. The Balaban J connectivity index is 2.65. The highest BCUT2D eigenvalue weighted by Gasteiger charge is 2.19. The third kappa shape index (κ3) is 3.03. The van der Waals surface area contributed by atoms with Gasteiger partial charge in [-0.3, -0.25) is 14.6 Å². The topological polar surface area (TPSA) is 96.5 Å². The van der Waals surface area contributed by atoms with Gasteiger partial charge in [0.15, 0.2) is 0 Å². The first kappa shape index (κ1) is 12.1. The molecule has 0 saturated carbocycles. The molecule has 16 heavy (non-hydrogen) atoms. The summed E-state index contributed by atoms with van der Waals surface area (Å²) >= 11 is 0. The van der Waals surface area contributed by atoms with Crippen molar-refractivity contribution in [1.82, 2.24) is 4.98 Å². The van der Waals surface area contributed by atoms with Crippen LogP contribution in [0.1, 0.15) is 6.42 Å². The Morgan fingerprint density at radius 1 is 1.62 bits per heavy atom. The molecule has 0 radical (unpaired) electrons. The highest BCUT2D eigenvalue weighted by molar-refractivity contribution is 5.95. The van der Waals surface area contributed by atoms with E-state index in [-0.39, 0.29) is 12.3 Å². The zero-order valence-corrected chi connectivity index (χ0v) is 8.83. The van der Waals surface area contributed by atoms with Gasteiger partial charge in [-0.05, 0) is 12.1 Å². The molecular weight excluding hydrogens is 210 g/mol. The van der Waals surface area contributed by atoms with E-state index in [2.05, 4.69) is 4.98 Å². The van der Waals surface area contributed by atoms with Gasteiger partial charge in [0.05, 0.1) is 18.3 Å². The molecular formula is C10H13N3O3. The van der Waals surface area contributed by atoms with E-state index in [1.165, 1.54) is 11.1 Å². The number of amides is 1. The van der Waals surface area contributed by atoms with Crippen molar-refractivity contribution in [2.75, 3.05) is 11.9 Å². The molecule has 1 aromatic rings. The van der Waals surface area contributed by atoms with E-state index in [0.29, 0.717) is 5.69 Å². The minimum absolute atomic E-state index is 0.235. The normalized spacial score (nSPS) is 11.9. The summed E-state index contributed by atoms with van der Waals surface area (Å²) in [6.07, 6.45) is 2.87. The molecule has 0 aliphatic carbocycles. The van der Waals surface area contributed by atoms with Crippen LogP contribution in [-0.2, 0) is 9.59 Å². The molecule has 0 aromatic carbocycles. The quantitative estimate of drug-likeness (QED) is 0.739. The summed E-state index contributed by atoms with van der Waals surface area (Å²) in [6, 6.07) is 2.22. The van der Waals surface area contributed by atoms with Crippen molar-refractivity contribution in [1.29, 1.82) is 0 Å². The van der Waals surface area contributed by atoms with Crippen molar-refractivity contribution in [3.63, 3.8) is 0 Å². The molecule has 0 spiro atoms. The maximum absolute atomic E-state index is 11.6. The van der Waals surface area contributed by atoms with E-state index in [4.69, 9.17) is 10.8 Å². The highest BCUT2D eigenvalue weighted by atomic mass is 16.4. The van der Waals surface area contributed by atoms with E-state index in [1.54, 1.807) is 25.4 Å². The molecule has 0 bridgehead atoms. The van der Waals surface area contributed by atoms with E-state index in [9.17, 15) is 9.59 Å². The van der Waals surface area contributed by atoms with Crippen molar-refractivity contribution < 1.29 is 14.7 Å². The minimum Gasteiger partial charge on any atom is -0.480 e. The predicted molar refractivity (Wildman–Crippen MR) is 57.9 cm³/mol. The molecule has 0 fully saturated rings. The Bertz CT molecular complexity index is 380. The Morgan fingerprint density at radius 3 is 2.81 bits per heavy atom. The zero-order chi connectivity index (χ0) is 12.1. The van der Waals surface area contributed by atoms with E-state index in [1.807, 2.05) is 0 Å². The molecule has 0 aliphatic rings. The minimum atomic E-state index is -1.19. The molecule has 86 valence electrons. The number of hydrogen-bond donors (Lipinski definition) is 2. The second-order valence-electron chi connectivity index (χ2n) is 3.31. The standard InChI is InChI=1S/C10H13N3O3/c1-13(7-3-2-4-12-6-7)9(14)5-8(11)10(15)16/h2-4,6,8H,5,11H2,1H3,(H,15,16)/t8-/m0/s1. The molecule has 0 saturated heterocycles. The van der Waals surface area contributed by atoms with Gasteiger partial charge in [-0.2, -0.15) is 0 Å². The number of carbonyl (C=O) groups excluding carboxylic acids is 1. The fraction of sp³-hybridized carbons (Fsp3) is 0.300. The van der Waals surface area contributed by atoms with Crippen molar-refractivity contribution in [3.8, 4) is 0 Å². The van der Waals surface area contributed by atoms with Gasteiger partial charge in [-0.15, -0.1) is 0 Å². The molecule has 0 aliphatic heterocycles. The largest absolute Gasteiger partial charge is 0.480 e. The average molecular weight is 223 g/mol. The fourth-order valence-electron chi connectivity index (χ4n) is 1.11. The third-order valence-electron chi connectivity index (χ3n) is 2.12. The summed E-state index contributed by atoms with van der Waals surface area (Å²) < 4.78 is 0. The number of pyridine rings is 1. The van der Waals surface area contributed by atoms with Crippen molar-refractivity contribution in [2.24, 2.45) is 5.73 Å². The van der Waals surface area contributed by atoms with Crippen molar-refractivity contribution in [3.05, 3.63) is 24.5 Å². The van der Waals surface area contributed by atoms with Gasteiger partial charge in [-0.25, -0.2) is 0 Å². The zero-order valence-electron chi connectivity index (χ0n) is 8.83.